The number of aromatic nitrogens is 2. The molecule has 1 unspecified atom stereocenters. The number of benzene rings is 2. The second-order valence-corrected chi connectivity index (χ2v) is 6.70. The number of hydrogen-bond donors (Lipinski definition) is 1. The monoisotopic (exact) mass is 402 g/mol. The Bertz CT molecular complexity index is 1180. The molecule has 1 aromatic heterocycles. The van der Waals surface area contributed by atoms with E-state index in [4.69, 9.17) is 0 Å². The predicted molar refractivity (Wildman–Crippen MR) is 114 cm³/mol. The molecule has 3 rings (SSSR count). The minimum Gasteiger partial charge on any atom is -0.317 e. The predicted octanol–water partition coefficient (Wildman–Crippen LogP) is 3.66. The summed E-state index contributed by atoms with van der Waals surface area (Å²) >= 11 is 0. The highest BCUT2D eigenvalue weighted by Crippen LogP contribution is 2.17. The van der Waals surface area contributed by atoms with E-state index in [0.29, 0.717) is 17.1 Å². The first-order chi connectivity index (χ1) is 14.5. The van der Waals surface area contributed by atoms with E-state index < -0.39 is 11.9 Å². The zero-order valence-corrected chi connectivity index (χ0v) is 17.0. The molecule has 0 saturated heterocycles. The number of amides is 1. The fourth-order valence-electron chi connectivity index (χ4n) is 3.00. The molecule has 152 valence electrons. The zero-order valence-electron chi connectivity index (χ0n) is 17.0. The Labute approximate surface area is 174 Å². The first kappa shape index (κ1) is 20.7. The molecule has 0 aliphatic rings. The molecule has 0 aliphatic heterocycles. The van der Waals surface area contributed by atoms with Gasteiger partial charge < -0.3 is 5.32 Å². The molecule has 0 bridgehead atoms. The Hall–Kier alpha value is -3.99. The van der Waals surface area contributed by atoms with Gasteiger partial charge in [-0.3, -0.25) is 14.3 Å². The molecule has 1 amide bonds. The van der Waals surface area contributed by atoms with Crippen LogP contribution in [0, 0.1) is 18.3 Å². The lowest BCUT2D eigenvalue weighted by atomic mass is 10.1. The SMILES string of the molecule is CCc1cccc(N=NC(C#N)C(=O)Nc2c(C)n(C)n(-c3ccccc3)c2=O)c1. The molecule has 30 heavy (non-hydrogen) atoms. The van der Waals surface area contributed by atoms with Crippen LogP contribution in [-0.4, -0.2) is 21.3 Å². The van der Waals surface area contributed by atoms with Crippen LogP contribution in [0.2, 0.25) is 0 Å². The Morgan fingerprint density at radius 2 is 1.93 bits per heavy atom. The second kappa shape index (κ2) is 9.01. The smallest absolute Gasteiger partial charge is 0.295 e. The number of rotatable bonds is 6. The second-order valence-electron chi connectivity index (χ2n) is 6.70. The Morgan fingerprint density at radius 3 is 2.60 bits per heavy atom. The summed E-state index contributed by atoms with van der Waals surface area (Å²) in [6, 6.07) is 16.9. The Kier molecular flexibility index (Phi) is 6.23. The van der Waals surface area contributed by atoms with E-state index in [1.165, 1.54) is 4.68 Å². The number of nitrogens with one attached hydrogen (secondary N) is 1. The minimum absolute atomic E-state index is 0.106. The summed E-state index contributed by atoms with van der Waals surface area (Å²) < 4.78 is 3.09. The molecule has 1 N–H and O–H groups in total. The number of aryl methyl sites for hydroxylation is 1. The van der Waals surface area contributed by atoms with Gasteiger partial charge in [-0.1, -0.05) is 37.3 Å². The highest BCUT2D eigenvalue weighted by Gasteiger charge is 2.23. The fourth-order valence-corrected chi connectivity index (χ4v) is 3.00. The first-order valence-corrected chi connectivity index (χ1v) is 9.50. The number of hydrogen-bond acceptors (Lipinski definition) is 5. The van der Waals surface area contributed by atoms with Gasteiger partial charge in [0.1, 0.15) is 11.8 Å². The van der Waals surface area contributed by atoms with Crippen LogP contribution in [0.25, 0.3) is 5.69 Å². The van der Waals surface area contributed by atoms with Crippen molar-refractivity contribution in [1.82, 2.24) is 9.36 Å². The van der Waals surface area contributed by atoms with Gasteiger partial charge in [-0.05, 0) is 43.2 Å². The zero-order chi connectivity index (χ0) is 21.7. The van der Waals surface area contributed by atoms with Gasteiger partial charge in [-0.2, -0.15) is 15.5 Å². The number of para-hydroxylation sites is 1. The van der Waals surface area contributed by atoms with Crippen molar-refractivity contribution >= 4 is 17.3 Å². The van der Waals surface area contributed by atoms with Gasteiger partial charge in [0.05, 0.1) is 17.1 Å². The average Bonchev–Trinajstić information content (AvgIpc) is 2.98. The van der Waals surface area contributed by atoms with Crippen LogP contribution in [0.15, 0.2) is 69.6 Å². The van der Waals surface area contributed by atoms with Crippen molar-refractivity contribution in [1.29, 1.82) is 5.26 Å². The van der Waals surface area contributed by atoms with E-state index in [0.717, 1.165) is 12.0 Å². The van der Waals surface area contributed by atoms with Gasteiger partial charge in [0, 0.05) is 7.05 Å². The van der Waals surface area contributed by atoms with Gasteiger partial charge in [0.15, 0.2) is 0 Å². The summed E-state index contributed by atoms with van der Waals surface area (Å²) in [5.41, 5.74) is 2.58. The lowest BCUT2D eigenvalue weighted by molar-refractivity contribution is -0.116. The minimum atomic E-state index is -1.38. The number of anilines is 1. The highest BCUT2D eigenvalue weighted by molar-refractivity contribution is 5.97. The third-order valence-electron chi connectivity index (χ3n) is 4.78. The lowest BCUT2D eigenvalue weighted by Gasteiger charge is -2.07. The summed E-state index contributed by atoms with van der Waals surface area (Å²) in [6.07, 6.45) is 0.840. The summed E-state index contributed by atoms with van der Waals surface area (Å²) in [5, 5.41) is 19.8. The molecule has 3 aromatic rings. The van der Waals surface area contributed by atoms with Crippen LogP contribution in [-0.2, 0) is 18.3 Å². The fraction of sp³-hybridized carbons (Fsp3) is 0.227. The van der Waals surface area contributed by atoms with Crippen molar-refractivity contribution in [3.8, 4) is 11.8 Å². The van der Waals surface area contributed by atoms with Crippen LogP contribution in [0.4, 0.5) is 11.4 Å². The topological polar surface area (TPSA) is 105 Å². The van der Waals surface area contributed by atoms with Crippen molar-refractivity contribution in [2.75, 3.05) is 5.32 Å². The molecular weight excluding hydrogens is 380 g/mol. The van der Waals surface area contributed by atoms with E-state index in [2.05, 4.69) is 15.5 Å². The van der Waals surface area contributed by atoms with E-state index in [1.807, 2.05) is 49.4 Å². The van der Waals surface area contributed by atoms with Crippen LogP contribution < -0.4 is 10.9 Å². The van der Waals surface area contributed by atoms with E-state index in [-0.39, 0.29) is 11.2 Å². The number of carbonyl (C=O) groups excluding carboxylic acids is 1. The molecule has 0 spiro atoms. The van der Waals surface area contributed by atoms with Gasteiger partial charge in [-0.25, -0.2) is 4.68 Å². The van der Waals surface area contributed by atoms with Gasteiger partial charge >= 0.3 is 0 Å². The Morgan fingerprint density at radius 1 is 1.20 bits per heavy atom. The molecule has 0 fully saturated rings. The number of nitrogens with zero attached hydrogens (tertiary/aromatic N) is 5. The van der Waals surface area contributed by atoms with Crippen molar-refractivity contribution in [3.05, 3.63) is 76.2 Å². The quantitative estimate of drug-likeness (QED) is 0.636. The highest BCUT2D eigenvalue weighted by atomic mass is 16.2. The van der Waals surface area contributed by atoms with Crippen LogP contribution in [0.5, 0.6) is 0 Å². The van der Waals surface area contributed by atoms with Crippen molar-refractivity contribution in [3.63, 3.8) is 0 Å². The molecule has 0 radical (unpaired) electrons. The first-order valence-electron chi connectivity index (χ1n) is 9.50. The van der Waals surface area contributed by atoms with Crippen molar-refractivity contribution in [2.24, 2.45) is 17.3 Å². The summed E-state index contributed by atoms with van der Waals surface area (Å²) in [6.45, 7) is 3.74. The maximum absolute atomic E-state index is 12.9. The standard InChI is InChI=1S/C22H22N6O2/c1-4-16-9-8-10-17(13-16)25-26-19(14-23)21(29)24-20-15(2)27(3)28(22(20)30)18-11-6-5-7-12-18/h5-13,19H,4H2,1-3H3,(H,24,29). The largest absolute Gasteiger partial charge is 0.317 e. The number of azo groups is 1. The molecule has 2 aromatic carbocycles. The van der Waals surface area contributed by atoms with Crippen LogP contribution >= 0.6 is 0 Å². The van der Waals surface area contributed by atoms with E-state index >= 15 is 0 Å². The normalized spacial score (nSPS) is 11.9. The average molecular weight is 402 g/mol. The molecule has 8 nitrogen and oxygen atoms in total. The summed E-state index contributed by atoms with van der Waals surface area (Å²) in [4.78, 5) is 25.5. The van der Waals surface area contributed by atoms with Gasteiger partial charge in [0.2, 0.25) is 6.04 Å². The molecule has 1 heterocycles. The van der Waals surface area contributed by atoms with E-state index in [9.17, 15) is 14.9 Å². The van der Waals surface area contributed by atoms with Crippen LogP contribution in [0.1, 0.15) is 18.2 Å². The number of nitriles is 1. The summed E-state index contributed by atoms with van der Waals surface area (Å²) in [7, 11) is 1.72. The molecule has 0 saturated carbocycles. The van der Waals surface area contributed by atoms with Crippen LogP contribution in [0.3, 0.4) is 0 Å². The summed E-state index contributed by atoms with van der Waals surface area (Å²) in [5.74, 6) is -0.709. The molecule has 0 aliphatic carbocycles. The lowest BCUT2D eigenvalue weighted by Crippen LogP contribution is -2.28. The maximum Gasteiger partial charge on any atom is 0.295 e. The molecule has 8 heteroatoms. The van der Waals surface area contributed by atoms with Gasteiger partial charge in [-0.15, -0.1) is 0 Å². The maximum atomic E-state index is 12.9. The number of carbonyl (C=O) groups is 1. The molecule has 1 atom stereocenters. The third kappa shape index (κ3) is 4.20. The van der Waals surface area contributed by atoms with Gasteiger partial charge in [0.25, 0.3) is 11.5 Å². The van der Waals surface area contributed by atoms with Crippen molar-refractivity contribution in [2.45, 2.75) is 26.3 Å². The Balaban J connectivity index is 1.85. The third-order valence-corrected chi connectivity index (χ3v) is 4.78. The van der Waals surface area contributed by atoms with E-state index in [1.54, 1.807) is 36.9 Å². The molecular formula is C22H22N6O2. The van der Waals surface area contributed by atoms with Crippen molar-refractivity contribution < 1.29 is 4.79 Å².